The molecule has 0 aliphatic heterocycles. The van der Waals surface area contributed by atoms with Crippen molar-refractivity contribution in [2.24, 2.45) is 0 Å². The van der Waals surface area contributed by atoms with Crippen LogP contribution in [0.4, 0.5) is 17.2 Å². The Morgan fingerprint density at radius 2 is 2.00 bits per heavy atom. The van der Waals surface area contributed by atoms with Gasteiger partial charge in [0.1, 0.15) is 5.82 Å². The van der Waals surface area contributed by atoms with Gasteiger partial charge in [0.15, 0.2) is 0 Å². The lowest BCUT2D eigenvalue weighted by Gasteiger charge is -2.19. The molecule has 2 rings (SSSR count). The van der Waals surface area contributed by atoms with Crippen LogP contribution in [-0.4, -0.2) is 12.0 Å². The number of nitrogen functional groups attached to an aromatic ring is 1. The van der Waals surface area contributed by atoms with Gasteiger partial charge in [0, 0.05) is 12.7 Å². The lowest BCUT2D eigenvalue weighted by atomic mass is 10.2. The van der Waals surface area contributed by atoms with E-state index in [0.717, 1.165) is 16.0 Å². The molecule has 90 valence electrons. The first kappa shape index (κ1) is 12.4. The third-order valence-electron chi connectivity index (χ3n) is 2.54. The highest BCUT2D eigenvalue weighted by Gasteiger charge is 2.09. The molecule has 0 unspecified atom stereocenters. The molecule has 18 heavy (non-hydrogen) atoms. The summed E-state index contributed by atoms with van der Waals surface area (Å²) in [7, 11) is 1.91. The van der Waals surface area contributed by atoms with Crippen molar-refractivity contribution in [3.8, 4) is 6.07 Å². The van der Waals surface area contributed by atoms with Gasteiger partial charge < -0.3 is 10.6 Å². The van der Waals surface area contributed by atoms with Gasteiger partial charge >= 0.3 is 0 Å². The van der Waals surface area contributed by atoms with Crippen LogP contribution in [0.1, 0.15) is 5.56 Å². The molecule has 0 radical (unpaired) electrons. The lowest BCUT2D eigenvalue weighted by molar-refractivity contribution is 1.12. The van der Waals surface area contributed by atoms with E-state index >= 15 is 0 Å². The number of hydrogen-bond acceptors (Lipinski definition) is 4. The Bertz CT molecular complexity index is 601. The highest BCUT2D eigenvalue weighted by Crippen LogP contribution is 2.29. The van der Waals surface area contributed by atoms with Crippen LogP contribution < -0.4 is 10.6 Å². The fourth-order valence-electron chi connectivity index (χ4n) is 1.57. The second kappa shape index (κ2) is 5.07. The molecule has 0 saturated carbocycles. The number of rotatable bonds is 2. The molecule has 0 aliphatic carbocycles. The van der Waals surface area contributed by atoms with Crippen molar-refractivity contribution < 1.29 is 0 Å². The van der Waals surface area contributed by atoms with Gasteiger partial charge in [0.25, 0.3) is 0 Å². The van der Waals surface area contributed by atoms with Gasteiger partial charge in [0.05, 0.1) is 28.0 Å². The average molecular weight is 303 g/mol. The number of anilines is 3. The predicted molar refractivity (Wildman–Crippen MR) is 75.6 cm³/mol. The van der Waals surface area contributed by atoms with Crippen LogP contribution in [0.15, 0.2) is 41.0 Å². The smallest absolute Gasteiger partial charge is 0.147 e. The van der Waals surface area contributed by atoms with Crippen molar-refractivity contribution in [2.45, 2.75) is 0 Å². The second-order valence-electron chi connectivity index (χ2n) is 3.79. The van der Waals surface area contributed by atoms with E-state index < -0.39 is 0 Å². The molecule has 1 aromatic heterocycles. The van der Waals surface area contributed by atoms with E-state index in [1.54, 1.807) is 18.3 Å². The third kappa shape index (κ3) is 2.44. The van der Waals surface area contributed by atoms with E-state index in [9.17, 15) is 0 Å². The average Bonchev–Trinajstić information content (AvgIpc) is 2.38. The minimum absolute atomic E-state index is 0.610. The summed E-state index contributed by atoms with van der Waals surface area (Å²) in [6, 6.07) is 11.2. The number of pyridine rings is 1. The number of nitriles is 1. The van der Waals surface area contributed by atoms with Gasteiger partial charge in [-0.3, -0.25) is 0 Å². The first-order chi connectivity index (χ1) is 8.61. The minimum Gasteiger partial charge on any atom is -0.397 e. The molecular formula is C13H11BrN4. The molecule has 0 aliphatic rings. The Hall–Kier alpha value is -2.06. The van der Waals surface area contributed by atoms with E-state index in [4.69, 9.17) is 11.0 Å². The quantitative estimate of drug-likeness (QED) is 0.926. The zero-order valence-corrected chi connectivity index (χ0v) is 11.3. The SMILES string of the molecule is CN(c1ccc(C#N)cc1)c1ncc(N)cc1Br. The first-order valence-electron chi connectivity index (χ1n) is 5.26. The van der Waals surface area contributed by atoms with E-state index in [-0.39, 0.29) is 0 Å². The molecule has 5 heteroatoms. The topological polar surface area (TPSA) is 65.9 Å². The Kier molecular flexibility index (Phi) is 3.49. The zero-order valence-electron chi connectivity index (χ0n) is 9.76. The number of aromatic nitrogens is 1. The molecule has 0 bridgehead atoms. The second-order valence-corrected chi connectivity index (χ2v) is 4.65. The van der Waals surface area contributed by atoms with E-state index in [0.29, 0.717) is 11.3 Å². The molecule has 1 heterocycles. The molecule has 0 fully saturated rings. The third-order valence-corrected chi connectivity index (χ3v) is 3.13. The van der Waals surface area contributed by atoms with Crippen molar-refractivity contribution in [2.75, 3.05) is 17.7 Å². The molecular weight excluding hydrogens is 292 g/mol. The fraction of sp³-hybridized carbons (Fsp3) is 0.0769. The normalized spacial score (nSPS) is 9.83. The molecule has 2 aromatic rings. The van der Waals surface area contributed by atoms with Crippen LogP contribution >= 0.6 is 15.9 Å². The lowest BCUT2D eigenvalue weighted by Crippen LogP contribution is -2.12. The van der Waals surface area contributed by atoms with Crippen LogP contribution in [0.2, 0.25) is 0 Å². The molecule has 2 N–H and O–H groups in total. The van der Waals surface area contributed by atoms with Crippen molar-refractivity contribution in [3.05, 3.63) is 46.6 Å². The molecule has 0 amide bonds. The van der Waals surface area contributed by atoms with Gasteiger partial charge in [-0.1, -0.05) is 0 Å². The minimum atomic E-state index is 0.610. The monoisotopic (exact) mass is 302 g/mol. The standard InChI is InChI=1S/C13H11BrN4/c1-18(11-4-2-9(7-15)3-5-11)13-12(14)6-10(16)8-17-13/h2-6,8H,16H2,1H3. The summed E-state index contributed by atoms with van der Waals surface area (Å²) >= 11 is 3.44. The number of nitrogens with zero attached hydrogens (tertiary/aromatic N) is 3. The van der Waals surface area contributed by atoms with Crippen molar-refractivity contribution in [1.29, 1.82) is 5.26 Å². The molecule has 0 spiro atoms. The Labute approximate surface area is 114 Å². The van der Waals surface area contributed by atoms with Crippen molar-refractivity contribution in [1.82, 2.24) is 4.98 Å². The van der Waals surface area contributed by atoms with Crippen LogP contribution in [0.5, 0.6) is 0 Å². The molecule has 0 atom stereocenters. The van der Waals surface area contributed by atoms with E-state index in [1.807, 2.05) is 30.1 Å². The summed E-state index contributed by atoms with van der Waals surface area (Å²) in [6.07, 6.45) is 1.61. The van der Waals surface area contributed by atoms with Crippen LogP contribution in [0.25, 0.3) is 0 Å². The Morgan fingerprint density at radius 1 is 1.33 bits per heavy atom. The highest BCUT2D eigenvalue weighted by atomic mass is 79.9. The number of hydrogen-bond donors (Lipinski definition) is 1. The van der Waals surface area contributed by atoms with Gasteiger partial charge in [-0.25, -0.2) is 4.98 Å². The van der Waals surface area contributed by atoms with Gasteiger partial charge in [0.2, 0.25) is 0 Å². The summed E-state index contributed by atoms with van der Waals surface area (Å²) in [5.41, 5.74) is 7.85. The number of benzene rings is 1. The largest absolute Gasteiger partial charge is 0.397 e. The van der Waals surface area contributed by atoms with E-state index in [2.05, 4.69) is 27.0 Å². The molecule has 0 saturated heterocycles. The fourth-order valence-corrected chi connectivity index (χ4v) is 2.21. The van der Waals surface area contributed by atoms with Gasteiger partial charge in [-0.05, 0) is 46.3 Å². The molecule has 1 aromatic carbocycles. The van der Waals surface area contributed by atoms with Crippen LogP contribution in [-0.2, 0) is 0 Å². The van der Waals surface area contributed by atoms with Gasteiger partial charge in [-0.2, -0.15) is 5.26 Å². The predicted octanol–water partition coefficient (Wildman–Crippen LogP) is 3.07. The summed E-state index contributed by atoms with van der Waals surface area (Å²) < 4.78 is 0.828. The summed E-state index contributed by atoms with van der Waals surface area (Å²) in [5.74, 6) is 0.772. The highest BCUT2D eigenvalue weighted by molar-refractivity contribution is 9.10. The van der Waals surface area contributed by atoms with Crippen LogP contribution in [0, 0.1) is 11.3 Å². The number of halogens is 1. The van der Waals surface area contributed by atoms with Crippen molar-refractivity contribution >= 4 is 33.1 Å². The van der Waals surface area contributed by atoms with Crippen LogP contribution in [0.3, 0.4) is 0 Å². The molecule has 4 nitrogen and oxygen atoms in total. The van der Waals surface area contributed by atoms with E-state index in [1.165, 1.54) is 0 Å². The maximum absolute atomic E-state index is 8.76. The summed E-state index contributed by atoms with van der Waals surface area (Å²) in [5, 5.41) is 8.76. The maximum atomic E-state index is 8.76. The summed E-state index contributed by atoms with van der Waals surface area (Å²) in [6.45, 7) is 0. The first-order valence-corrected chi connectivity index (χ1v) is 6.06. The Balaban J connectivity index is 2.35. The number of nitrogens with two attached hydrogens (primary N) is 1. The van der Waals surface area contributed by atoms with Crippen molar-refractivity contribution in [3.63, 3.8) is 0 Å². The van der Waals surface area contributed by atoms with Gasteiger partial charge in [-0.15, -0.1) is 0 Å². The zero-order chi connectivity index (χ0) is 13.1. The maximum Gasteiger partial charge on any atom is 0.147 e. The Morgan fingerprint density at radius 3 is 2.56 bits per heavy atom. The summed E-state index contributed by atoms with van der Waals surface area (Å²) in [4.78, 5) is 6.21.